The Morgan fingerprint density at radius 3 is 0.655 bits per heavy atom. The summed E-state index contributed by atoms with van der Waals surface area (Å²) < 4.78 is 42.7. The van der Waals surface area contributed by atoms with Crippen molar-refractivity contribution in [1.82, 2.24) is 4.90 Å². The molecule has 0 saturated carbocycles. The van der Waals surface area contributed by atoms with Gasteiger partial charge in [0.25, 0.3) is 0 Å². The molecule has 2 unspecified atom stereocenters. The van der Waals surface area contributed by atoms with Gasteiger partial charge in [0.2, 0.25) is 5.91 Å². The van der Waals surface area contributed by atoms with Gasteiger partial charge < -0.3 is 42.3 Å². The molecular weight excluding hydrogens is 1460 g/mol. The van der Waals surface area contributed by atoms with Gasteiger partial charge in [0.15, 0.2) is 39.1 Å². The van der Waals surface area contributed by atoms with E-state index in [1.807, 2.05) is 0 Å². The lowest BCUT2D eigenvalue weighted by atomic mass is 9.84. The van der Waals surface area contributed by atoms with Crippen molar-refractivity contribution in [2.24, 2.45) is 0 Å². The highest BCUT2D eigenvalue weighted by Gasteiger charge is 2.44. The summed E-state index contributed by atoms with van der Waals surface area (Å²) in [5.41, 5.74) is 14.6. The van der Waals surface area contributed by atoms with Crippen LogP contribution in [0, 0.1) is 0 Å². The first-order chi connectivity index (χ1) is 54.1. The van der Waals surface area contributed by atoms with Crippen LogP contribution in [0.3, 0.4) is 0 Å². The lowest BCUT2D eigenvalue weighted by Crippen LogP contribution is -2.45. The predicted molar refractivity (Wildman–Crippen MR) is 464 cm³/mol. The van der Waals surface area contributed by atoms with Gasteiger partial charge >= 0.3 is 0 Å². The highest BCUT2D eigenvalue weighted by molar-refractivity contribution is 6.45. The summed E-state index contributed by atoms with van der Waals surface area (Å²) in [5, 5.41) is 21.1. The average molecular weight is 1560 g/mol. The van der Waals surface area contributed by atoms with E-state index in [1.165, 1.54) is 71.7 Å². The first-order valence-electron chi connectivity index (χ1n) is 38.7. The normalized spacial score (nSPS) is 13.7. The minimum atomic E-state index is -1.53. The fourth-order valence-electron chi connectivity index (χ4n) is 15.6. The van der Waals surface area contributed by atoms with Gasteiger partial charge in [-0.1, -0.05) is 383 Å². The van der Waals surface area contributed by atoms with Gasteiger partial charge in [-0.3, -0.25) is 4.79 Å². The molecule has 12 rings (SSSR count). The van der Waals surface area contributed by atoms with Crippen molar-refractivity contribution in [2.45, 2.75) is 76.0 Å². The first-order valence-corrected chi connectivity index (χ1v) is 47.5. The topological polar surface area (TPSA) is 116 Å². The number of aliphatic hydroxyl groups is 2. The second-order valence-electron chi connectivity index (χ2n) is 28.6. The summed E-state index contributed by atoms with van der Waals surface area (Å²) in [7, 11) is -8.31. The van der Waals surface area contributed by atoms with Crippen molar-refractivity contribution in [3.63, 3.8) is 0 Å². The van der Waals surface area contributed by atoms with E-state index in [0.717, 1.165) is 24.9 Å². The van der Waals surface area contributed by atoms with Gasteiger partial charge in [-0.25, -0.2) is 0 Å². The summed E-state index contributed by atoms with van der Waals surface area (Å²) in [6, 6.07) is 131. The molecule has 1 amide bonds. The minimum Gasteiger partial charge on any atom is -0.402 e. The average Bonchev–Trinajstić information content (AvgIpc) is 0.773. The van der Waals surface area contributed by atoms with Gasteiger partial charge in [0.05, 0.1) is 64.6 Å². The van der Waals surface area contributed by atoms with Crippen LogP contribution in [0.15, 0.2) is 376 Å². The van der Waals surface area contributed by atoms with Crippen LogP contribution in [0.5, 0.6) is 0 Å². The number of carbonyl (C=O) groups excluding carboxylic acids is 1. The summed E-state index contributed by atoms with van der Waals surface area (Å²) in [6.07, 6.45) is -0.567. The number of carbonyl (C=O) groups is 1. The van der Waals surface area contributed by atoms with Crippen molar-refractivity contribution in [1.29, 1.82) is 0 Å². The maximum absolute atomic E-state index is 13.8. The molecule has 0 aliphatic carbocycles. The van der Waals surface area contributed by atoms with Crippen molar-refractivity contribution >= 4 is 64.0 Å². The van der Waals surface area contributed by atoms with Crippen molar-refractivity contribution in [3.05, 3.63) is 443 Å². The Bertz CT molecular complexity index is 3690. The van der Waals surface area contributed by atoms with Crippen molar-refractivity contribution in [2.75, 3.05) is 39.5 Å². The number of rotatable bonds is 43. The number of ether oxygens (including phenoxy) is 2. The van der Waals surface area contributed by atoms with E-state index < -0.39 is 102 Å². The Kier molecular flexibility index (Phi) is 30.1. The molecule has 0 bridgehead atoms. The van der Waals surface area contributed by atoms with Gasteiger partial charge in [0.1, 0.15) is 11.8 Å². The Morgan fingerprint density at radius 2 is 0.491 bits per heavy atom. The number of benzene rings is 12. The smallest absolute Gasteiger partial charge is 0.249 e. The quantitative estimate of drug-likeness (QED) is 0.0127. The highest BCUT2D eigenvalue weighted by atomic mass is 28.2. The molecule has 0 aliphatic heterocycles. The fourth-order valence-corrected chi connectivity index (χ4v) is 28.6. The highest BCUT2D eigenvalue weighted by Crippen LogP contribution is 2.44. The van der Waals surface area contributed by atoms with E-state index in [9.17, 15) is 15.0 Å². The van der Waals surface area contributed by atoms with E-state index in [2.05, 4.69) is 371 Å². The zero-order valence-electron chi connectivity index (χ0n) is 63.2. The molecule has 0 aromatic heterocycles. The molecule has 10 nitrogen and oxygen atoms in total. The number of amides is 1. The van der Waals surface area contributed by atoms with Crippen LogP contribution in [-0.4, -0.2) is 143 Å². The Balaban J connectivity index is 0.692. The Morgan fingerprint density at radius 1 is 0.318 bits per heavy atom. The van der Waals surface area contributed by atoms with E-state index >= 15 is 0 Å². The molecule has 12 aromatic rings. The fraction of sp³-hybridized carbons (Fsp3) is 0.202. The molecule has 110 heavy (non-hydrogen) atoms. The van der Waals surface area contributed by atoms with Crippen LogP contribution in [-0.2, 0) is 52.1 Å². The van der Waals surface area contributed by atoms with Gasteiger partial charge in [-0.05, 0) is 86.5 Å². The molecule has 16 heteroatoms. The van der Waals surface area contributed by atoms with Crippen LogP contribution in [0.25, 0.3) is 0 Å². The van der Waals surface area contributed by atoms with Gasteiger partial charge in [-0.2, -0.15) is 0 Å². The van der Waals surface area contributed by atoms with Crippen molar-refractivity contribution in [3.8, 4) is 0 Å². The number of hydrogen-bond donors (Lipinski definition) is 2. The van der Waals surface area contributed by atoms with Crippen LogP contribution < -0.4 is 0 Å². The monoisotopic (exact) mass is 1560 g/mol. The van der Waals surface area contributed by atoms with Gasteiger partial charge in [0, 0.05) is 31.9 Å². The number of aliphatic hydroxyl groups excluding tert-OH is 2. The van der Waals surface area contributed by atoms with Crippen LogP contribution in [0.1, 0.15) is 86.5 Å². The second-order valence-corrected chi connectivity index (χ2v) is 39.2. The third-order valence-electron chi connectivity index (χ3n) is 21.2. The molecule has 0 aliphatic rings. The third-order valence-corrected chi connectivity index (χ3v) is 35.6. The summed E-state index contributed by atoms with van der Waals surface area (Å²) >= 11 is 0. The van der Waals surface area contributed by atoms with E-state index in [0.29, 0.717) is 18.8 Å². The Hall–Kier alpha value is -9.17. The van der Waals surface area contributed by atoms with E-state index in [-0.39, 0.29) is 32.2 Å². The lowest BCUT2D eigenvalue weighted by molar-refractivity contribution is -0.131. The van der Waals surface area contributed by atoms with Crippen LogP contribution >= 0.6 is 0 Å². The third kappa shape index (κ3) is 20.1. The minimum absolute atomic E-state index is 0.00661. The van der Waals surface area contributed by atoms with Crippen LogP contribution in [0.2, 0.25) is 12.1 Å². The second kappa shape index (κ2) is 41.2. The maximum Gasteiger partial charge on any atom is 0.249 e. The van der Waals surface area contributed by atoms with Crippen LogP contribution in [0.4, 0.5) is 0 Å². The summed E-state index contributed by atoms with van der Waals surface area (Å²) in [5.74, 6) is -1.14. The molecule has 562 valence electrons. The molecule has 0 spiro atoms. The summed E-state index contributed by atoms with van der Waals surface area (Å²) in [4.78, 5) is 15.3. The van der Waals surface area contributed by atoms with Gasteiger partial charge in [-0.15, -0.1) is 0 Å². The summed E-state index contributed by atoms with van der Waals surface area (Å²) in [6.45, 7) is 6.33. The van der Waals surface area contributed by atoms with E-state index in [1.54, 1.807) is 6.92 Å². The SMILES string of the molecule is C=C(C)C(=O)N(CC(O)COCCC[SiH2]C(O[SiH2]C(c1ccccc1)(c1ccccc1)c1ccccc1)O[SiH2]C(c1ccccc1)(c1ccccc1)c1ccccc1)CC(O)COCCC[SiH2]C(O[SiH2]C(c1ccccc1)(c1ccccc1)c1ccccc1)O[SiH2]C(c1ccccc1)(c1ccccc1)c1ccccc1. The molecule has 0 heterocycles. The van der Waals surface area contributed by atoms with E-state index in [4.69, 9.17) is 27.2 Å². The molecule has 12 aromatic carbocycles. The zero-order valence-corrected chi connectivity index (χ0v) is 71.7. The number of hydrogen-bond acceptors (Lipinski definition) is 9. The zero-order chi connectivity index (χ0) is 76.0. The lowest BCUT2D eigenvalue weighted by Gasteiger charge is -2.39. The molecule has 2 N–H and O–H groups in total. The van der Waals surface area contributed by atoms with Crippen molar-refractivity contribution < 1.29 is 42.2 Å². The largest absolute Gasteiger partial charge is 0.402 e. The predicted octanol–water partition coefficient (Wildman–Crippen LogP) is 13.0. The maximum atomic E-state index is 13.8. The first kappa shape index (κ1) is 80.4. The molecule has 0 radical (unpaired) electrons. The number of nitrogens with zero attached hydrogens (tertiary/aromatic N) is 1. The molecule has 0 fully saturated rings. The molecular formula is C94H103NO9Si6. The standard InChI is InChI=1S/C94H103NO9Si6/c1-73(2)88(98)95(69-86(96)71-99-65-39-67-105-89(101-107-91(74-41-15-3-16-42-74,75-43-17-4-18-44-75)76-45-19-5-20-46-76)102-108-92(77-47-21-6-22-48-77,78-49-23-7-24-50-78)79-51-25-8-26-52-79)70-87(97)72-100-66-40-68-106-90(103-109-93(80-53-27-9-28-54-80,81-55-29-10-30-56-81)82-57-31-11-32-58-82)104-110-94(83-59-33-12-34-60-83,84-61-35-13-36-62-84)85-63-37-14-38-64-85/h3-38,41-64,86-87,89-90,96-97H,1,39-40,65-72,105-110H2,2H3. The molecule has 0 saturated heterocycles. The Labute approximate surface area is 665 Å². The molecule has 2 atom stereocenters.